The average Bonchev–Trinajstić information content (AvgIpc) is 1.83. The normalized spacial score (nSPS) is 14.4. The summed E-state index contributed by atoms with van der Waals surface area (Å²) in [5.41, 5.74) is 5.19. The lowest BCUT2D eigenvalue weighted by atomic mass is 10.4. The van der Waals surface area contributed by atoms with E-state index in [2.05, 4.69) is 4.99 Å². The van der Waals surface area contributed by atoms with Gasteiger partial charge in [-0.1, -0.05) is 0 Å². The van der Waals surface area contributed by atoms with Crippen molar-refractivity contribution in [3.05, 3.63) is 12.3 Å². The number of allylic oxidation sites excluding steroid dienone is 1. The maximum Gasteiger partial charge on any atom is 0.407 e. The molecule has 0 amide bonds. The average molecular weight is 166 g/mol. The number of nitrogens with two attached hydrogens (primary N) is 1. The highest BCUT2D eigenvalue weighted by molar-refractivity contribution is 5.92. The Balaban J connectivity index is 3.93. The number of rotatable bonds is 2. The van der Waals surface area contributed by atoms with E-state index in [1.165, 1.54) is 13.0 Å². The Morgan fingerprint density at radius 3 is 2.45 bits per heavy atom. The van der Waals surface area contributed by atoms with E-state index in [1.54, 1.807) is 0 Å². The van der Waals surface area contributed by atoms with Crippen molar-refractivity contribution in [2.75, 3.05) is 6.54 Å². The van der Waals surface area contributed by atoms with Crippen LogP contribution in [0.2, 0.25) is 0 Å². The molecule has 0 spiro atoms. The zero-order valence-electron chi connectivity index (χ0n) is 6.02. The van der Waals surface area contributed by atoms with Crippen LogP contribution in [0.1, 0.15) is 6.92 Å². The summed E-state index contributed by atoms with van der Waals surface area (Å²) in [7, 11) is 0. The van der Waals surface area contributed by atoms with E-state index in [4.69, 9.17) is 5.73 Å². The van der Waals surface area contributed by atoms with Gasteiger partial charge in [-0.3, -0.25) is 4.99 Å². The Kier molecular flexibility index (Phi) is 3.64. The topological polar surface area (TPSA) is 38.4 Å². The molecular formula is C6H9F3N2. The SMILES string of the molecule is CC(/C=C\N)=NCC(F)(F)F. The number of alkyl halides is 3. The van der Waals surface area contributed by atoms with Gasteiger partial charge in [0.2, 0.25) is 0 Å². The minimum absolute atomic E-state index is 0.268. The first-order valence-electron chi connectivity index (χ1n) is 2.92. The third-order valence-electron chi connectivity index (χ3n) is 0.845. The maximum absolute atomic E-state index is 11.5. The monoisotopic (exact) mass is 166 g/mol. The molecule has 0 aromatic rings. The molecule has 0 aliphatic carbocycles. The van der Waals surface area contributed by atoms with Crippen molar-refractivity contribution in [2.45, 2.75) is 13.1 Å². The molecule has 0 aliphatic heterocycles. The smallest absolute Gasteiger partial charge is 0.405 e. The number of aliphatic imine (C=N–C) groups is 1. The van der Waals surface area contributed by atoms with Gasteiger partial charge >= 0.3 is 6.18 Å². The summed E-state index contributed by atoms with van der Waals surface area (Å²) in [6.45, 7) is 0.304. The molecule has 0 aromatic heterocycles. The van der Waals surface area contributed by atoms with E-state index >= 15 is 0 Å². The van der Waals surface area contributed by atoms with E-state index in [-0.39, 0.29) is 5.71 Å². The Hall–Kier alpha value is -1.00. The summed E-state index contributed by atoms with van der Waals surface area (Å²) in [6.07, 6.45) is -1.77. The van der Waals surface area contributed by atoms with Crippen molar-refractivity contribution in [1.82, 2.24) is 0 Å². The molecule has 0 saturated heterocycles. The van der Waals surface area contributed by atoms with Gasteiger partial charge in [0, 0.05) is 5.71 Å². The fourth-order valence-corrected chi connectivity index (χ4v) is 0.406. The van der Waals surface area contributed by atoms with Crippen LogP contribution in [0, 0.1) is 0 Å². The molecule has 0 radical (unpaired) electrons. The summed E-state index contributed by atoms with van der Waals surface area (Å²) < 4.78 is 34.5. The molecule has 0 heterocycles. The number of hydrogen-bond acceptors (Lipinski definition) is 2. The summed E-state index contributed by atoms with van der Waals surface area (Å²) >= 11 is 0. The van der Waals surface area contributed by atoms with Gasteiger partial charge in [0.1, 0.15) is 6.54 Å². The second kappa shape index (κ2) is 4.00. The van der Waals surface area contributed by atoms with E-state index in [9.17, 15) is 13.2 Å². The summed E-state index contributed by atoms with van der Waals surface area (Å²) in [5.74, 6) is 0. The molecular weight excluding hydrogens is 157 g/mol. The third-order valence-corrected chi connectivity index (χ3v) is 0.845. The zero-order valence-corrected chi connectivity index (χ0v) is 6.02. The second-order valence-corrected chi connectivity index (χ2v) is 1.93. The second-order valence-electron chi connectivity index (χ2n) is 1.93. The lowest BCUT2D eigenvalue weighted by Gasteiger charge is -2.00. The summed E-state index contributed by atoms with van der Waals surface area (Å²) in [4.78, 5) is 3.21. The molecule has 0 aliphatic rings. The predicted octanol–water partition coefficient (Wildman–Crippen LogP) is 1.48. The first-order valence-corrected chi connectivity index (χ1v) is 2.92. The minimum atomic E-state index is -4.23. The van der Waals surface area contributed by atoms with Crippen molar-refractivity contribution < 1.29 is 13.2 Å². The van der Waals surface area contributed by atoms with Crippen molar-refractivity contribution in [3.63, 3.8) is 0 Å². The van der Waals surface area contributed by atoms with Crippen molar-refractivity contribution >= 4 is 5.71 Å². The first-order chi connectivity index (χ1) is 4.95. The highest BCUT2D eigenvalue weighted by Crippen LogP contribution is 2.14. The molecule has 0 saturated carbocycles. The lowest BCUT2D eigenvalue weighted by Crippen LogP contribution is -2.12. The number of halogens is 3. The third kappa shape index (κ3) is 6.89. The van der Waals surface area contributed by atoms with E-state index < -0.39 is 12.7 Å². The van der Waals surface area contributed by atoms with Gasteiger partial charge in [0.25, 0.3) is 0 Å². The van der Waals surface area contributed by atoms with E-state index in [1.807, 2.05) is 0 Å². The van der Waals surface area contributed by atoms with Crippen molar-refractivity contribution in [3.8, 4) is 0 Å². The largest absolute Gasteiger partial charge is 0.407 e. The van der Waals surface area contributed by atoms with Gasteiger partial charge in [-0.15, -0.1) is 0 Å². The standard InChI is InChI=1S/C6H9F3N2/c1-5(2-3-10)11-4-6(7,8)9/h2-3H,4,10H2,1H3/b3-2-,11-5?. The molecule has 0 unspecified atom stereocenters. The molecule has 64 valence electrons. The molecule has 0 rings (SSSR count). The molecule has 11 heavy (non-hydrogen) atoms. The Morgan fingerprint density at radius 1 is 1.55 bits per heavy atom. The van der Waals surface area contributed by atoms with Gasteiger partial charge in [-0.05, 0) is 19.2 Å². The van der Waals surface area contributed by atoms with Gasteiger partial charge in [0.05, 0.1) is 0 Å². The molecule has 0 fully saturated rings. The highest BCUT2D eigenvalue weighted by Gasteiger charge is 2.26. The molecule has 0 atom stereocenters. The Labute approximate surface area is 62.6 Å². The fraction of sp³-hybridized carbons (Fsp3) is 0.500. The van der Waals surface area contributed by atoms with Gasteiger partial charge in [-0.25, -0.2) is 0 Å². The van der Waals surface area contributed by atoms with Crippen LogP contribution in [0.15, 0.2) is 17.3 Å². The summed E-state index contributed by atoms with van der Waals surface area (Å²) in [5, 5.41) is 0. The lowest BCUT2D eigenvalue weighted by molar-refractivity contribution is -0.118. The molecule has 0 bridgehead atoms. The van der Waals surface area contributed by atoms with Crippen LogP contribution in [-0.4, -0.2) is 18.4 Å². The quantitative estimate of drug-likeness (QED) is 0.620. The van der Waals surface area contributed by atoms with Crippen LogP contribution in [0.3, 0.4) is 0 Å². The number of nitrogens with zero attached hydrogens (tertiary/aromatic N) is 1. The Morgan fingerprint density at radius 2 is 2.09 bits per heavy atom. The van der Waals surface area contributed by atoms with Gasteiger partial charge in [-0.2, -0.15) is 13.2 Å². The van der Waals surface area contributed by atoms with E-state index in [0.29, 0.717) is 0 Å². The van der Waals surface area contributed by atoms with Crippen LogP contribution in [0.5, 0.6) is 0 Å². The molecule has 2 nitrogen and oxygen atoms in total. The first kappa shape index (κ1) is 10.0. The maximum atomic E-state index is 11.5. The predicted molar refractivity (Wildman–Crippen MR) is 37.4 cm³/mol. The highest BCUT2D eigenvalue weighted by atomic mass is 19.4. The van der Waals surface area contributed by atoms with Crippen LogP contribution < -0.4 is 5.73 Å². The van der Waals surface area contributed by atoms with Gasteiger partial charge < -0.3 is 5.73 Å². The van der Waals surface area contributed by atoms with Crippen LogP contribution in [0.25, 0.3) is 0 Å². The fourth-order valence-electron chi connectivity index (χ4n) is 0.406. The summed E-state index contributed by atoms with van der Waals surface area (Å²) in [6, 6.07) is 0. The minimum Gasteiger partial charge on any atom is -0.405 e. The van der Waals surface area contributed by atoms with Gasteiger partial charge in [0.15, 0.2) is 0 Å². The van der Waals surface area contributed by atoms with Crippen molar-refractivity contribution in [2.24, 2.45) is 10.7 Å². The van der Waals surface area contributed by atoms with Crippen LogP contribution in [-0.2, 0) is 0 Å². The molecule has 0 aromatic carbocycles. The van der Waals surface area contributed by atoms with E-state index in [0.717, 1.165) is 6.20 Å². The molecule has 2 N–H and O–H groups in total. The van der Waals surface area contributed by atoms with Crippen LogP contribution >= 0.6 is 0 Å². The zero-order chi connectivity index (χ0) is 8.91. The van der Waals surface area contributed by atoms with Crippen molar-refractivity contribution in [1.29, 1.82) is 0 Å². The molecule has 5 heteroatoms. The Bertz CT molecular complexity index is 169. The van der Waals surface area contributed by atoms with Crippen LogP contribution in [0.4, 0.5) is 13.2 Å². The number of hydrogen-bond donors (Lipinski definition) is 1.